The molecule has 0 spiro atoms. The van der Waals surface area contributed by atoms with Crippen LogP contribution in [0.2, 0.25) is 5.02 Å². The Morgan fingerprint density at radius 1 is 0.875 bits per heavy atom. The van der Waals surface area contributed by atoms with Gasteiger partial charge in [-0.05, 0) is 60.6 Å². The van der Waals surface area contributed by atoms with Gasteiger partial charge in [-0.15, -0.1) is 0 Å². The molecule has 1 nitrogen and oxygen atoms in total. The number of hydrogen-bond acceptors (Lipinski definition) is 0. The Labute approximate surface area is 150 Å². The molecule has 0 radical (unpaired) electrons. The molecule has 0 aliphatic rings. The number of hydrogen-bond donors (Lipinski definition) is 1. The van der Waals surface area contributed by atoms with E-state index in [1.165, 1.54) is 47.5 Å². The predicted octanol–water partition coefficient (Wildman–Crippen LogP) is 7.37. The van der Waals surface area contributed by atoms with Crippen LogP contribution in [0, 0.1) is 11.8 Å². The summed E-state index contributed by atoms with van der Waals surface area (Å²) in [6.45, 7) is 7.02. The van der Waals surface area contributed by atoms with Crippen molar-refractivity contribution in [2.75, 3.05) is 0 Å². The molecule has 3 aromatic rings. The minimum Gasteiger partial charge on any atom is -0.355 e. The highest BCUT2D eigenvalue weighted by Crippen LogP contribution is 2.29. The number of benzene rings is 2. The number of aryl methyl sites for hydroxylation is 1. The maximum Gasteiger partial charge on any atom is 0.0465 e. The first-order valence-electron chi connectivity index (χ1n) is 9.23. The maximum atomic E-state index is 6.18. The Kier molecular flexibility index (Phi) is 5.50. The van der Waals surface area contributed by atoms with Crippen LogP contribution in [0.25, 0.3) is 21.8 Å². The monoisotopic (exact) mass is 341 g/mol. The van der Waals surface area contributed by atoms with Crippen LogP contribution in [-0.4, -0.2) is 4.98 Å². The van der Waals surface area contributed by atoms with Crippen molar-refractivity contribution in [2.24, 2.45) is 11.8 Å². The van der Waals surface area contributed by atoms with E-state index in [4.69, 9.17) is 11.6 Å². The first-order valence-corrected chi connectivity index (χ1v) is 9.60. The number of H-pyrrole nitrogens is 1. The summed E-state index contributed by atoms with van der Waals surface area (Å²) in [5, 5.41) is 3.31. The fourth-order valence-corrected chi connectivity index (χ4v) is 3.68. The summed E-state index contributed by atoms with van der Waals surface area (Å²) in [6.07, 6.45) is 6.49. The van der Waals surface area contributed by atoms with E-state index in [0.29, 0.717) is 0 Å². The van der Waals surface area contributed by atoms with Gasteiger partial charge in [-0.3, -0.25) is 0 Å². The number of nitrogens with one attached hydrogen (secondary N) is 1. The normalized spacial score (nSPS) is 13.2. The summed E-state index contributed by atoms with van der Waals surface area (Å²) in [7, 11) is 0. The van der Waals surface area contributed by atoms with Gasteiger partial charge in [0, 0.05) is 26.8 Å². The van der Waals surface area contributed by atoms with E-state index in [2.05, 4.69) is 56.1 Å². The summed E-state index contributed by atoms with van der Waals surface area (Å²) in [6, 6.07) is 12.9. The summed E-state index contributed by atoms with van der Waals surface area (Å²) in [4.78, 5) is 3.48. The van der Waals surface area contributed by atoms with Crippen molar-refractivity contribution in [2.45, 2.75) is 52.9 Å². The van der Waals surface area contributed by atoms with Gasteiger partial charge in [0.1, 0.15) is 0 Å². The highest BCUT2D eigenvalue weighted by Gasteiger charge is 2.08. The molecule has 1 heterocycles. The summed E-state index contributed by atoms with van der Waals surface area (Å²) in [5.74, 6) is 1.63. The SMILES string of the molecule is CC(C)CCCC(C)CCc1ccc2[nH]c3ccc(Cl)cc3c2c1. The van der Waals surface area contributed by atoms with Crippen LogP contribution in [0.3, 0.4) is 0 Å². The van der Waals surface area contributed by atoms with Crippen molar-refractivity contribution in [3.05, 3.63) is 47.0 Å². The van der Waals surface area contributed by atoms with Gasteiger partial charge in [0.25, 0.3) is 0 Å². The van der Waals surface area contributed by atoms with E-state index in [1.807, 2.05) is 6.07 Å². The maximum absolute atomic E-state index is 6.18. The molecule has 3 rings (SSSR count). The Morgan fingerprint density at radius 3 is 2.33 bits per heavy atom. The van der Waals surface area contributed by atoms with Crippen molar-refractivity contribution >= 4 is 33.4 Å². The van der Waals surface area contributed by atoms with Gasteiger partial charge >= 0.3 is 0 Å². The van der Waals surface area contributed by atoms with Crippen LogP contribution >= 0.6 is 11.6 Å². The minimum absolute atomic E-state index is 0.799. The van der Waals surface area contributed by atoms with Crippen LogP contribution in [0.5, 0.6) is 0 Å². The topological polar surface area (TPSA) is 15.8 Å². The van der Waals surface area contributed by atoms with E-state index >= 15 is 0 Å². The highest BCUT2D eigenvalue weighted by molar-refractivity contribution is 6.31. The molecule has 0 fully saturated rings. The van der Waals surface area contributed by atoms with Crippen molar-refractivity contribution in [3.63, 3.8) is 0 Å². The zero-order chi connectivity index (χ0) is 17.1. The molecule has 128 valence electrons. The van der Waals surface area contributed by atoms with Gasteiger partial charge in [-0.1, -0.05) is 57.7 Å². The fraction of sp³-hybridized carbons (Fsp3) is 0.455. The van der Waals surface area contributed by atoms with Crippen molar-refractivity contribution in [1.29, 1.82) is 0 Å². The second-order valence-corrected chi connectivity index (χ2v) is 8.10. The zero-order valence-electron chi connectivity index (χ0n) is 15.0. The third-order valence-electron chi connectivity index (χ3n) is 5.03. The number of fused-ring (bicyclic) bond motifs is 3. The van der Waals surface area contributed by atoms with E-state index in [0.717, 1.165) is 28.8 Å². The van der Waals surface area contributed by atoms with Gasteiger partial charge in [0.2, 0.25) is 0 Å². The molecular weight excluding hydrogens is 314 g/mol. The Morgan fingerprint density at radius 2 is 1.58 bits per heavy atom. The molecule has 1 atom stereocenters. The van der Waals surface area contributed by atoms with Crippen LogP contribution in [0.1, 0.15) is 52.0 Å². The first kappa shape index (κ1) is 17.4. The summed E-state index contributed by atoms with van der Waals surface area (Å²) >= 11 is 6.18. The van der Waals surface area contributed by atoms with Crippen molar-refractivity contribution in [1.82, 2.24) is 4.98 Å². The third kappa shape index (κ3) is 4.13. The lowest BCUT2D eigenvalue weighted by atomic mass is 9.94. The molecule has 0 bridgehead atoms. The molecular formula is C22H28ClN. The number of aromatic amines is 1. The molecule has 2 heteroatoms. The standard InChI is InChI=1S/C22H28ClN/c1-15(2)5-4-6-16(3)7-8-17-9-11-21-19(13-17)20-14-18(23)10-12-22(20)24-21/h9-16,24H,4-8H2,1-3H3. The molecule has 2 aromatic carbocycles. The Bertz CT molecular complexity index is 815. The third-order valence-corrected chi connectivity index (χ3v) is 5.26. The van der Waals surface area contributed by atoms with Crippen LogP contribution in [-0.2, 0) is 6.42 Å². The van der Waals surface area contributed by atoms with Crippen LogP contribution < -0.4 is 0 Å². The molecule has 0 amide bonds. The summed E-state index contributed by atoms with van der Waals surface area (Å²) < 4.78 is 0. The molecule has 0 aliphatic carbocycles. The van der Waals surface area contributed by atoms with Crippen molar-refractivity contribution in [3.8, 4) is 0 Å². The average Bonchev–Trinajstić information content (AvgIpc) is 2.90. The Balaban J connectivity index is 1.69. The highest BCUT2D eigenvalue weighted by atomic mass is 35.5. The second-order valence-electron chi connectivity index (χ2n) is 7.66. The van der Waals surface area contributed by atoms with Gasteiger partial charge in [-0.2, -0.15) is 0 Å². The van der Waals surface area contributed by atoms with Gasteiger partial charge in [0.05, 0.1) is 0 Å². The first-order chi connectivity index (χ1) is 11.5. The van der Waals surface area contributed by atoms with E-state index in [9.17, 15) is 0 Å². The second kappa shape index (κ2) is 7.61. The lowest BCUT2D eigenvalue weighted by Gasteiger charge is -2.12. The zero-order valence-corrected chi connectivity index (χ0v) is 15.8. The van der Waals surface area contributed by atoms with E-state index < -0.39 is 0 Å². The molecule has 1 aromatic heterocycles. The van der Waals surface area contributed by atoms with Gasteiger partial charge in [0.15, 0.2) is 0 Å². The molecule has 24 heavy (non-hydrogen) atoms. The van der Waals surface area contributed by atoms with Crippen LogP contribution in [0.4, 0.5) is 0 Å². The number of rotatable bonds is 7. The van der Waals surface area contributed by atoms with Crippen LogP contribution in [0.15, 0.2) is 36.4 Å². The minimum atomic E-state index is 0.799. The summed E-state index contributed by atoms with van der Waals surface area (Å²) in [5.41, 5.74) is 3.79. The van der Waals surface area contributed by atoms with Gasteiger partial charge < -0.3 is 4.98 Å². The van der Waals surface area contributed by atoms with Gasteiger partial charge in [-0.25, -0.2) is 0 Å². The molecule has 0 aliphatic heterocycles. The number of aromatic nitrogens is 1. The van der Waals surface area contributed by atoms with E-state index in [1.54, 1.807) is 0 Å². The quantitative estimate of drug-likeness (QED) is 0.461. The number of halogens is 1. The smallest absolute Gasteiger partial charge is 0.0465 e. The lowest BCUT2D eigenvalue weighted by molar-refractivity contribution is 0.437. The Hall–Kier alpha value is -1.47. The van der Waals surface area contributed by atoms with Crippen molar-refractivity contribution < 1.29 is 0 Å². The largest absolute Gasteiger partial charge is 0.355 e. The van der Waals surface area contributed by atoms with E-state index in [-0.39, 0.29) is 0 Å². The predicted molar refractivity (Wildman–Crippen MR) is 107 cm³/mol. The average molecular weight is 342 g/mol. The molecule has 1 unspecified atom stereocenters. The molecule has 0 saturated carbocycles. The fourth-order valence-electron chi connectivity index (χ4n) is 3.50. The lowest BCUT2D eigenvalue weighted by Crippen LogP contribution is -1.99. The molecule has 1 N–H and O–H groups in total. The molecule has 0 saturated heterocycles.